The Balaban J connectivity index is 2.24. The van der Waals surface area contributed by atoms with Crippen LogP contribution < -0.4 is 8.97 Å². The molecule has 0 aromatic heterocycles. The predicted molar refractivity (Wildman–Crippen MR) is 101 cm³/mol. The van der Waals surface area contributed by atoms with Crippen LogP contribution in [0.5, 0.6) is 0 Å². The summed E-state index contributed by atoms with van der Waals surface area (Å²) in [6, 6.07) is 18.2. The highest BCUT2D eigenvalue weighted by Gasteiger charge is 2.14. The maximum Gasteiger partial charge on any atom is 0.132 e. The number of fused-ring (bicyclic) bond motifs is 2. The van der Waals surface area contributed by atoms with Gasteiger partial charge in [0.05, 0.1) is 42.3 Å². The van der Waals surface area contributed by atoms with Gasteiger partial charge in [-0.3, -0.25) is 8.97 Å². The number of benzene rings is 3. The zero-order chi connectivity index (χ0) is 16.1. The molecule has 0 radical (unpaired) electrons. The number of nitrogens with zero attached hydrogens (tertiary/aromatic N) is 2. The Morgan fingerprint density at radius 1 is 0.455 bits per heavy atom. The van der Waals surface area contributed by atoms with Crippen molar-refractivity contribution in [3.8, 4) is 0 Å². The summed E-state index contributed by atoms with van der Waals surface area (Å²) in [6.07, 6.45) is 0. The Labute approximate surface area is 133 Å². The molecule has 0 unspecified atom stereocenters. The van der Waals surface area contributed by atoms with E-state index in [1.807, 2.05) is 0 Å². The first-order valence-corrected chi connectivity index (χ1v) is 7.76. The highest BCUT2D eigenvalue weighted by molar-refractivity contribution is 6.00. The molecule has 22 heavy (non-hydrogen) atoms. The third kappa shape index (κ3) is 2.72. The van der Waals surface area contributed by atoms with Gasteiger partial charge in [-0.2, -0.15) is 0 Å². The van der Waals surface area contributed by atoms with E-state index in [2.05, 4.69) is 90.8 Å². The van der Waals surface area contributed by atoms with E-state index in [0.29, 0.717) is 0 Å². The van der Waals surface area contributed by atoms with Crippen LogP contribution in [0.15, 0.2) is 48.5 Å². The Morgan fingerprint density at radius 3 is 1.18 bits per heavy atom. The maximum absolute atomic E-state index is 2.32. The SMILES string of the molecule is C[N+](C)(C)c1ccc2cc3ccc([N+](C)(C)C)cc3cc2c1. The molecule has 0 fully saturated rings. The molecule has 0 bridgehead atoms. The molecular formula is C20H26N2+2. The van der Waals surface area contributed by atoms with Gasteiger partial charge in [0.2, 0.25) is 0 Å². The van der Waals surface area contributed by atoms with Gasteiger partial charge in [-0.15, -0.1) is 0 Å². The predicted octanol–water partition coefficient (Wildman–Crippen LogP) is 4.39. The standard InChI is InChI=1S/C20H26N2/c1-21(2,3)19-9-7-15-11-16-8-10-20(22(4,5)6)14-18(16)12-17(15)13-19/h7-14H,1-6H3/q+2. The number of rotatable bonds is 2. The van der Waals surface area contributed by atoms with Crippen molar-refractivity contribution in [3.05, 3.63) is 48.5 Å². The summed E-state index contributed by atoms with van der Waals surface area (Å²) >= 11 is 0. The van der Waals surface area contributed by atoms with E-state index in [1.54, 1.807) is 0 Å². The minimum Gasteiger partial charge on any atom is -0.298 e. The van der Waals surface area contributed by atoms with E-state index < -0.39 is 0 Å². The van der Waals surface area contributed by atoms with E-state index in [0.717, 1.165) is 8.97 Å². The molecule has 0 aliphatic heterocycles. The first-order valence-electron chi connectivity index (χ1n) is 7.76. The van der Waals surface area contributed by atoms with Gasteiger partial charge in [-0.25, -0.2) is 0 Å². The molecule has 0 aliphatic carbocycles. The van der Waals surface area contributed by atoms with Gasteiger partial charge < -0.3 is 0 Å². The van der Waals surface area contributed by atoms with Crippen molar-refractivity contribution in [3.63, 3.8) is 0 Å². The van der Waals surface area contributed by atoms with Crippen molar-refractivity contribution in [2.45, 2.75) is 0 Å². The van der Waals surface area contributed by atoms with Crippen LogP contribution in [0.25, 0.3) is 21.5 Å². The molecule has 0 heterocycles. The van der Waals surface area contributed by atoms with Crippen LogP contribution in [0.1, 0.15) is 0 Å². The Kier molecular flexibility index (Phi) is 3.28. The maximum atomic E-state index is 2.32. The highest BCUT2D eigenvalue weighted by Crippen LogP contribution is 2.30. The number of hydrogen-bond donors (Lipinski definition) is 0. The van der Waals surface area contributed by atoms with Gasteiger partial charge in [0.1, 0.15) is 11.4 Å². The Morgan fingerprint density at radius 2 is 0.818 bits per heavy atom. The largest absolute Gasteiger partial charge is 0.298 e. The normalized spacial score (nSPS) is 13.0. The first-order chi connectivity index (χ1) is 10.1. The summed E-state index contributed by atoms with van der Waals surface area (Å²) in [5.74, 6) is 0. The molecule has 0 saturated carbocycles. The lowest BCUT2D eigenvalue weighted by Gasteiger charge is -2.24. The lowest BCUT2D eigenvalue weighted by atomic mass is 10.0. The number of hydrogen-bond acceptors (Lipinski definition) is 0. The van der Waals surface area contributed by atoms with Crippen LogP contribution in [-0.2, 0) is 0 Å². The molecule has 3 aromatic carbocycles. The van der Waals surface area contributed by atoms with E-state index in [-0.39, 0.29) is 0 Å². The van der Waals surface area contributed by atoms with Crippen LogP contribution in [0.4, 0.5) is 11.4 Å². The van der Waals surface area contributed by atoms with Gasteiger partial charge in [0.15, 0.2) is 0 Å². The van der Waals surface area contributed by atoms with Crippen molar-refractivity contribution in [2.75, 3.05) is 42.3 Å². The molecule has 0 saturated heterocycles. The molecule has 2 heteroatoms. The second kappa shape index (κ2) is 4.80. The van der Waals surface area contributed by atoms with Crippen LogP contribution >= 0.6 is 0 Å². The molecule has 0 atom stereocenters. The van der Waals surface area contributed by atoms with Crippen molar-refractivity contribution in [1.29, 1.82) is 0 Å². The third-order valence-electron chi connectivity index (χ3n) is 4.31. The smallest absolute Gasteiger partial charge is 0.132 e. The molecule has 0 amide bonds. The summed E-state index contributed by atoms with van der Waals surface area (Å²) < 4.78 is 1.68. The lowest BCUT2D eigenvalue weighted by molar-refractivity contribution is 0.487. The van der Waals surface area contributed by atoms with Gasteiger partial charge in [-0.1, -0.05) is 0 Å². The molecular weight excluding hydrogens is 268 g/mol. The Hall–Kier alpha value is -1.90. The molecule has 0 spiro atoms. The molecule has 0 aliphatic rings. The van der Waals surface area contributed by atoms with Crippen LogP contribution in [0.3, 0.4) is 0 Å². The van der Waals surface area contributed by atoms with E-state index >= 15 is 0 Å². The average Bonchev–Trinajstić information content (AvgIpc) is 2.41. The van der Waals surface area contributed by atoms with E-state index in [9.17, 15) is 0 Å². The van der Waals surface area contributed by atoms with Crippen molar-refractivity contribution >= 4 is 32.9 Å². The zero-order valence-corrected chi connectivity index (χ0v) is 14.5. The van der Waals surface area contributed by atoms with Gasteiger partial charge in [0.25, 0.3) is 0 Å². The zero-order valence-electron chi connectivity index (χ0n) is 14.5. The van der Waals surface area contributed by atoms with Gasteiger partial charge in [-0.05, 0) is 57.9 Å². The third-order valence-corrected chi connectivity index (χ3v) is 4.31. The fraction of sp³-hybridized carbons (Fsp3) is 0.300. The monoisotopic (exact) mass is 294 g/mol. The summed E-state index contributed by atoms with van der Waals surface area (Å²) in [7, 11) is 13.2. The fourth-order valence-electron chi connectivity index (χ4n) is 2.81. The second-order valence-corrected chi connectivity index (χ2v) is 7.94. The van der Waals surface area contributed by atoms with Crippen LogP contribution in [0.2, 0.25) is 0 Å². The fourth-order valence-corrected chi connectivity index (χ4v) is 2.81. The second-order valence-electron chi connectivity index (χ2n) is 7.94. The molecule has 114 valence electrons. The van der Waals surface area contributed by atoms with Gasteiger partial charge >= 0.3 is 0 Å². The topological polar surface area (TPSA) is 0 Å². The van der Waals surface area contributed by atoms with Crippen molar-refractivity contribution in [2.24, 2.45) is 0 Å². The molecule has 2 nitrogen and oxygen atoms in total. The molecule has 3 rings (SSSR count). The average molecular weight is 294 g/mol. The van der Waals surface area contributed by atoms with Crippen LogP contribution in [-0.4, -0.2) is 42.3 Å². The Bertz CT molecular complexity index is 780. The van der Waals surface area contributed by atoms with Crippen molar-refractivity contribution < 1.29 is 0 Å². The van der Waals surface area contributed by atoms with Gasteiger partial charge in [0, 0.05) is 12.1 Å². The summed E-state index contributed by atoms with van der Waals surface area (Å²) in [4.78, 5) is 0. The van der Waals surface area contributed by atoms with Crippen molar-refractivity contribution in [1.82, 2.24) is 8.97 Å². The lowest BCUT2D eigenvalue weighted by Crippen LogP contribution is -2.34. The van der Waals surface area contributed by atoms with E-state index in [1.165, 1.54) is 32.9 Å². The minimum absolute atomic E-state index is 0.840. The molecule has 0 N–H and O–H groups in total. The summed E-state index contributed by atoms with van der Waals surface area (Å²) in [5, 5.41) is 5.25. The van der Waals surface area contributed by atoms with E-state index in [4.69, 9.17) is 0 Å². The number of quaternary nitrogens is 2. The summed E-state index contributed by atoms with van der Waals surface area (Å²) in [6.45, 7) is 0. The minimum atomic E-state index is 0.840. The van der Waals surface area contributed by atoms with Crippen LogP contribution in [0, 0.1) is 0 Å². The first kappa shape index (κ1) is 15.0. The molecule has 3 aromatic rings. The highest BCUT2D eigenvalue weighted by atomic mass is 15.3. The quantitative estimate of drug-likeness (QED) is 0.486. The summed E-state index contributed by atoms with van der Waals surface area (Å²) in [5.41, 5.74) is 2.66.